The maximum absolute atomic E-state index is 12.3. The minimum absolute atomic E-state index is 0.215. The Morgan fingerprint density at radius 1 is 1.33 bits per heavy atom. The highest BCUT2D eigenvalue weighted by molar-refractivity contribution is 8.01. The number of thioether (sulfide) groups is 1. The van der Waals surface area contributed by atoms with Gasteiger partial charge < -0.3 is 4.74 Å². The summed E-state index contributed by atoms with van der Waals surface area (Å²) >= 11 is 4.39. The summed E-state index contributed by atoms with van der Waals surface area (Å²) in [5.74, 6) is 0.508. The minimum Gasteiger partial charge on any atom is -0.406 e. The number of halogens is 3. The molecule has 126 valence electrons. The maximum atomic E-state index is 12.3. The van der Waals surface area contributed by atoms with E-state index < -0.39 is 6.36 Å². The van der Waals surface area contributed by atoms with E-state index in [1.165, 1.54) is 35.4 Å². The molecule has 5 nitrogen and oxygen atoms in total. The summed E-state index contributed by atoms with van der Waals surface area (Å²) < 4.78 is 45.5. The Balaban J connectivity index is 1.56. The van der Waals surface area contributed by atoms with Gasteiger partial charge in [-0.1, -0.05) is 29.2 Å². The molecule has 24 heavy (non-hydrogen) atoms. The average molecular weight is 390 g/mol. The zero-order valence-electron chi connectivity index (χ0n) is 12.1. The second-order valence-electron chi connectivity index (χ2n) is 4.84. The van der Waals surface area contributed by atoms with Gasteiger partial charge in [0, 0.05) is 4.90 Å². The molecule has 1 aliphatic heterocycles. The number of imidazole rings is 1. The molecule has 0 aliphatic carbocycles. The molecule has 1 aromatic carbocycles. The van der Waals surface area contributed by atoms with Crippen LogP contribution in [0.3, 0.4) is 0 Å². The molecule has 2 aromatic heterocycles. The van der Waals surface area contributed by atoms with Crippen molar-refractivity contribution in [3.05, 3.63) is 30.0 Å². The summed E-state index contributed by atoms with van der Waals surface area (Å²) in [5.41, 5.74) is 0.934. The average Bonchev–Trinajstić information content (AvgIpc) is 3.16. The van der Waals surface area contributed by atoms with E-state index in [-0.39, 0.29) is 5.75 Å². The predicted molar refractivity (Wildman–Crippen MR) is 87.8 cm³/mol. The summed E-state index contributed by atoms with van der Waals surface area (Å²) in [5, 5.41) is 4.38. The van der Waals surface area contributed by atoms with Crippen molar-refractivity contribution in [2.24, 2.45) is 0 Å². The Bertz CT molecular complexity index is 876. The smallest absolute Gasteiger partial charge is 0.406 e. The molecule has 0 atom stereocenters. The molecule has 11 heteroatoms. The van der Waals surface area contributed by atoms with Gasteiger partial charge in [0.1, 0.15) is 5.75 Å². The molecular formula is C13H9F3N4OS3. The summed E-state index contributed by atoms with van der Waals surface area (Å²) in [6, 6.07) is 4.37. The number of hydrogen-bond acceptors (Lipinski definition) is 7. The van der Waals surface area contributed by atoms with E-state index in [1.807, 2.05) is 16.8 Å². The number of alkyl halides is 3. The van der Waals surface area contributed by atoms with Crippen molar-refractivity contribution >= 4 is 45.8 Å². The van der Waals surface area contributed by atoms with Crippen LogP contribution >= 0.6 is 35.0 Å². The number of rotatable bonds is 3. The molecule has 3 heterocycles. The Morgan fingerprint density at radius 2 is 2.17 bits per heavy atom. The molecule has 4 rings (SSSR count). The molecule has 0 saturated carbocycles. The number of nitrogens with zero attached hydrogens (tertiary/aromatic N) is 4. The molecule has 0 fully saturated rings. The van der Waals surface area contributed by atoms with Crippen LogP contribution in [0.1, 0.15) is 5.56 Å². The fourth-order valence-electron chi connectivity index (χ4n) is 2.25. The highest BCUT2D eigenvalue weighted by Gasteiger charge is 2.32. The molecule has 0 spiro atoms. The van der Waals surface area contributed by atoms with E-state index in [0.717, 1.165) is 25.6 Å². The van der Waals surface area contributed by atoms with Gasteiger partial charge in [0.2, 0.25) is 4.96 Å². The van der Waals surface area contributed by atoms with E-state index in [4.69, 9.17) is 0 Å². The van der Waals surface area contributed by atoms with Gasteiger partial charge in [0.15, 0.2) is 10.2 Å². The van der Waals surface area contributed by atoms with Gasteiger partial charge in [-0.05, 0) is 35.9 Å². The van der Waals surface area contributed by atoms with Crippen LogP contribution in [0, 0.1) is 0 Å². The number of ether oxygens (including phenoxy) is 1. The molecular weight excluding hydrogens is 381 g/mol. The van der Waals surface area contributed by atoms with Crippen LogP contribution < -0.4 is 9.04 Å². The van der Waals surface area contributed by atoms with Crippen molar-refractivity contribution in [3.8, 4) is 5.75 Å². The van der Waals surface area contributed by atoms with E-state index >= 15 is 0 Å². The Kier molecular flexibility index (Phi) is 3.81. The van der Waals surface area contributed by atoms with Gasteiger partial charge >= 0.3 is 6.36 Å². The first kappa shape index (κ1) is 15.9. The second kappa shape index (κ2) is 5.74. The van der Waals surface area contributed by atoms with Gasteiger partial charge in [0.05, 0.1) is 12.7 Å². The molecule has 0 radical (unpaired) electrons. The Hall–Kier alpha value is -1.59. The second-order valence-corrected chi connectivity index (χ2v) is 7.92. The largest absolute Gasteiger partial charge is 0.573 e. The quantitative estimate of drug-likeness (QED) is 0.487. The van der Waals surface area contributed by atoms with Crippen molar-refractivity contribution in [2.45, 2.75) is 22.1 Å². The number of fused-ring (bicyclic) bond motifs is 2. The highest BCUT2D eigenvalue weighted by Crippen LogP contribution is 2.41. The SMILES string of the molecule is CSc1nn2cc(N3Cc4ccc(OC(F)(F)F)cc4S3)nc2s1. The third kappa shape index (κ3) is 3.03. The fourth-order valence-corrected chi connectivity index (χ4v) is 4.63. The molecule has 0 bridgehead atoms. The van der Waals surface area contributed by atoms with Gasteiger partial charge in [-0.2, -0.15) is 4.98 Å². The lowest BCUT2D eigenvalue weighted by atomic mass is 10.2. The van der Waals surface area contributed by atoms with Crippen LogP contribution in [0.4, 0.5) is 19.0 Å². The van der Waals surface area contributed by atoms with E-state index in [9.17, 15) is 13.2 Å². The van der Waals surface area contributed by atoms with E-state index in [2.05, 4.69) is 14.8 Å². The van der Waals surface area contributed by atoms with Crippen LogP contribution in [0.5, 0.6) is 5.75 Å². The molecule has 0 amide bonds. The van der Waals surface area contributed by atoms with Crippen LogP contribution in [-0.4, -0.2) is 27.2 Å². The summed E-state index contributed by atoms with van der Waals surface area (Å²) in [6.07, 6.45) is -0.920. The standard InChI is InChI=1S/C13H9F3N4OS3/c1-22-12-18-19-6-10(17-11(19)23-12)20-5-7-2-3-8(4-9(7)24-20)21-13(14,15)16/h2-4,6H,5H2,1H3. The van der Waals surface area contributed by atoms with Crippen molar-refractivity contribution < 1.29 is 17.9 Å². The first-order chi connectivity index (χ1) is 11.4. The topological polar surface area (TPSA) is 42.7 Å². The van der Waals surface area contributed by atoms with Crippen molar-refractivity contribution in [2.75, 3.05) is 10.6 Å². The summed E-state index contributed by atoms with van der Waals surface area (Å²) in [6.45, 7) is 0.562. The number of aromatic nitrogens is 3. The van der Waals surface area contributed by atoms with Crippen LogP contribution in [0.15, 0.2) is 33.6 Å². The zero-order valence-corrected chi connectivity index (χ0v) is 14.5. The molecule has 0 saturated heterocycles. The van der Waals surface area contributed by atoms with E-state index in [1.54, 1.807) is 22.3 Å². The number of anilines is 1. The first-order valence-corrected chi connectivity index (χ1v) is 9.47. The summed E-state index contributed by atoms with van der Waals surface area (Å²) in [7, 11) is 0. The maximum Gasteiger partial charge on any atom is 0.573 e. The monoisotopic (exact) mass is 390 g/mol. The van der Waals surface area contributed by atoms with Crippen LogP contribution in [-0.2, 0) is 6.54 Å². The summed E-state index contributed by atoms with van der Waals surface area (Å²) in [4.78, 5) is 6.04. The zero-order chi connectivity index (χ0) is 16.9. The lowest BCUT2D eigenvalue weighted by molar-refractivity contribution is -0.274. The van der Waals surface area contributed by atoms with Crippen molar-refractivity contribution in [1.82, 2.24) is 14.6 Å². The predicted octanol–water partition coefficient (Wildman–Crippen LogP) is 4.44. The van der Waals surface area contributed by atoms with Gasteiger partial charge in [-0.15, -0.1) is 18.3 Å². The van der Waals surface area contributed by atoms with Crippen LogP contribution in [0.2, 0.25) is 0 Å². The van der Waals surface area contributed by atoms with Crippen molar-refractivity contribution in [1.29, 1.82) is 0 Å². The third-order valence-electron chi connectivity index (χ3n) is 3.24. The van der Waals surface area contributed by atoms with Crippen LogP contribution in [0.25, 0.3) is 4.96 Å². The molecule has 3 aromatic rings. The minimum atomic E-state index is -4.69. The Morgan fingerprint density at radius 3 is 2.88 bits per heavy atom. The van der Waals surface area contributed by atoms with Crippen molar-refractivity contribution in [3.63, 3.8) is 0 Å². The third-order valence-corrected chi connectivity index (χ3v) is 6.25. The van der Waals surface area contributed by atoms with E-state index in [0.29, 0.717) is 6.54 Å². The molecule has 0 N–H and O–H groups in total. The fraction of sp³-hybridized carbons (Fsp3) is 0.231. The van der Waals surface area contributed by atoms with Gasteiger partial charge in [-0.3, -0.25) is 4.31 Å². The number of benzene rings is 1. The molecule has 1 aliphatic rings. The number of hydrogen-bond donors (Lipinski definition) is 0. The highest BCUT2D eigenvalue weighted by atomic mass is 32.2. The molecule has 0 unspecified atom stereocenters. The van der Waals surface area contributed by atoms with Gasteiger partial charge in [-0.25, -0.2) is 4.52 Å². The first-order valence-electron chi connectivity index (χ1n) is 6.66. The lowest BCUT2D eigenvalue weighted by Crippen LogP contribution is -2.17. The van der Waals surface area contributed by atoms with Gasteiger partial charge in [0.25, 0.3) is 0 Å². The normalized spacial score (nSPS) is 14.4. The lowest BCUT2D eigenvalue weighted by Gasteiger charge is -2.11. The Labute approximate surface area is 146 Å².